The fraction of sp³-hybridized carbons (Fsp3) is 0.222. The number of halogens is 3. The molecule has 0 aliphatic heterocycles. The van der Waals surface area contributed by atoms with E-state index in [9.17, 15) is 22.8 Å². The van der Waals surface area contributed by atoms with Crippen LogP contribution in [0.1, 0.15) is 28.4 Å². The van der Waals surface area contributed by atoms with E-state index in [-0.39, 0.29) is 17.2 Å². The van der Waals surface area contributed by atoms with Crippen molar-refractivity contribution in [3.05, 3.63) is 69.6 Å². The number of hydrogen-bond donors (Lipinski definition) is 1. The van der Waals surface area contributed by atoms with Crippen LogP contribution in [0.15, 0.2) is 51.7 Å². The molecule has 3 aromatic rings. The minimum absolute atomic E-state index is 0.0359. The van der Waals surface area contributed by atoms with Crippen LogP contribution in [0.25, 0.3) is 0 Å². The monoisotopic (exact) mass is 440 g/mol. The summed E-state index contributed by atoms with van der Waals surface area (Å²) in [7, 11) is 0. The molecule has 1 N–H and O–H groups in total. The summed E-state index contributed by atoms with van der Waals surface area (Å²) in [5.74, 6) is 0.191. The van der Waals surface area contributed by atoms with Gasteiger partial charge in [-0.3, -0.25) is 14.9 Å². The maximum atomic E-state index is 12.7. The van der Waals surface area contributed by atoms with Crippen LogP contribution in [-0.4, -0.2) is 26.4 Å². The smallest absolute Gasteiger partial charge is 0.310 e. The van der Waals surface area contributed by atoms with E-state index in [4.69, 9.17) is 0 Å². The lowest BCUT2D eigenvalue weighted by Crippen LogP contribution is -2.29. The number of carbonyl (C=O) groups excluding carboxylic acids is 1. The van der Waals surface area contributed by atoms with Gasteiger partial charge in [-0.25, -0.2) is 0 Å². The van der Waals surface area contributed by atoms with Gasteiger partial charge < -0.3 is 4.57 Å². The van der Waals surface area contributed by atoms with E-state index in [0.717, 1.165) is 17.9 Å². The lowest BCUT2D eigenvalue weighted by atomic mass is 10.1. The molecule has 11 heteroatoms. The fourth-order valence-corrected chi connectivity index (χ4v) is 4.08. The van der Waals surface area contributed by atoms with Crippen LogP contribution in [-0.2, 0) is 12.7 Å². The Labute approximate surface area is 171 Å². The first-order valence-electron chi connectivity index (χ1n) is 8.41. The third-order valence-electron chi connectivity index (χ3n) is 3.79. The van der Waals surface area contributed by atoms with Crippen LogP contribution >= 0.6 is 23.1 Å². The maximum Gasteiger partial charge on any atom is 0.416 e. The van der Waals surface area contributed by atoms with Crippen molar-refractivity contribution in [3.63, 3.8) is 0 Å². The average Bonchev–Trinajstić information content (AvgIpc) is 3.10. The standard InChI is InChI=1S/C18H15F3N4O2S2/c1-2-28-17-24-23-16(29-17)22-14(26)13-4-3-9-25(15(13)27)10-11-5-7-12(8-6-11)18(19,20)21/h3-9H,2,10H2,1H3,(H,22,23,26). The molecule has 2 aromatic heterocycles. The highest BCUT2D eigenvalue weighted by Crippen LogP contribution is 2.29. The number of amides is 1. The second kappa shape index (κ2) is 8.78. The lowest BCUT2D eigenvalue weighted by molar-refractivity contribution is -0.137. The molecule has 1 aromatic carbocycles. The Morgan fingerprint density at radius 2 is 1.93 bits per heavy atom. The van der Waals surface area contributed by atoms with Crippen LogP contribution < -0.4 is 10.9 Å². The van der Waals surface area contributed by atoms with Gasteiger partial charge in [-0.2, -0.15) is 13.2 Å². The molecular formula is C18H15F3N4O2S2. The van der Waals surface area contributed by atoms with E-state index < -0.39 is 23.2 Å². The third kappa shape index (κ3) is 5.24. The zero-order chi connectivity index (χ0) is 21.0. The van der Waals surface area contributed by atoms with Gasteiger partial charge in [0.1, 0.15) is 5.56 Å². The molecule has 0 spiro atoms. The molecule has 1 amide bonds. The minimum Gasteiger partial charge on any atom is -0.310 e. The molecule has 6 nitrogen and oxygen atoms in total. The SMILES string of the molecule is CCSc1nnc(NC(=O)c2cccn(Cc3ccc(C(F)(F)F)cc3)c2=O)s1. The van der Waals surface area contributed by atoms with E-state index in [1.54, 1.807) is 0 Å². The van der Waals surface area contributed by atoms with E-state index in [1.165, 1.54) is 58.1 Å². The molecular weight excluding hydrogens is 425 g/mol. The highest BCUT2D eigenvalue weighted by molar-refractivity contribution is 8.01. The largest absolute Gasteiger partial charge is 0.416 e. The summed E-state index contributed by atoms with van der Waals surface area (Å²) >= 11 is 2.69. The summed E-state index contributed by atoms with van der Waals surface area (Å²) in [6.07, 6.45) is -2.95. The van der Waals surface area contributed by atoms with Crippen LogP contribution in [0.3, 0.4) is 0 Å². The molecule has 0 saturated heterocycles. The van der Waals surface area contributed by atoms with E-state index in [1.807, 2.05) is 6.92 Å². The van der Waals surface area contributed by atoms with Crippen molar-refractivity contribution in [1.82, 2.24) is 14.8 Å². The molecule has 0 aliphatic carbocycles. The number of carbonyl (C=O) groups is 1. The van der Waals surface area contributed by atoms with Gasteiger partial charge in [0.15, 0.2) is 4.34 Å². The van der Waals surface area contributed by atoms with Crippen LogP contribution in [0, 0.1) is 0 Å². The zero-order valence-electron chi connectivity index (χ0n) is 15.1. The molecule has 0 aliphatic rings. The minimum atomic E-state index is -4.42. The fourth-order valence-electron chi connectivity index (χ4n) is 2.44. The molecule has 0 radical (unpaired) electrons. The normalized spacial score (nSPS) is 11.4. The van der Waals surface area contributed by atoms with Crippen molar-refractivity contribution in [1.29, 1.82) is 0 Å². The topological polar surface area (TPSA) is 76.9 Å². The van der Waals surface area contributed by atoms with E-state index in [2.05, 4.69) is 15.5 Å². The lowest BCUT2D eigenvalue weighted by Gasteiger charge is -2.10. The summed E-state index contributed by atoms with van der Waals surface area (Å²) in [6.45, 7) is 2.00. The summed E-state index contributed by atoms with van der Waals surface area (Å²) in [5, 5.41) is 10.6. The number of hydrogen-bond acceptors (Lipinski definition) is 6. The number of benzene rings is 1. The number of nitrogens with one attached hydrogen (secondary N) is 1. The predicted molar refractivity (Wildman–Crippen MR) is 106 cm³/mol. The van der Waals surface area contributed by atoms with Crippen molar-refractivity contribution in [3.8, 4) is 0 Å². The van der Waals surface area contributed by atoms with Gasteiger partial charge in [0.25, 0.3) is 11.5 Å². The average molecular weight is 440 g/mol. The van der Waals surface area contributed by atoms with Crippen molar-refractivity contribution in [2.75, 3.05) is 11.1 Å². The molecule has 29 heavy (non-hydrogen) atoms. The summed E-state index contributed by atoms with van der Waals surface area (Å²) in [6, 6.07) is 7.42. The quantitative estimate of drug-likeness (QED) is 0.461. The van der Waals surface area contributed by atoms with Crippen molar-refractivity contribution in [2.24, 2.45) is 0 Å². The molecule has 0 bridgehead atoms. The first kappa shape index (κ1) is 21.1. The highest BCUT2D eigenvalue weighted by Gasteiger charge is 2.29. The first-order chi connectivity index (χ1) is 13.8. The van der Waals surface area contributed by atoms with E-state index >= 15 is 0 Å². The molecule has 2 heterocycles. The highest BCUT2D eigenvalue weighted by atomic mass is 32.2. The van der Waals surface area contributed by atoms with Gasteiger partial charge in [0, 0.05) is 6.20 Å². The number of alkyl halides is 3. The number of rotatable bonds is 6. The van der Waals surface area contributed by atoms with Gasteiger partial charge in [0.2, 0.25) is 5.13 Å². The second-order valence-corrected chi connectivity index (χ2v) is 8.30. The van der Waals surface area contributed by atoms with Gasteiger partial charge >= 0.3 is 6.18 Å². The third-order valence-corrected chi connectivity index (χ3v) is 5.65. The first-order valence-corrected chi connectivity index (χ1v) is 10.2. The molecule has 0 saturated carbocycles. The van der Waals surface area contributed by atoms with Gasteiger partial charge in [-0.15, -0.1) is 10.2 Å². The summed E-state index contributed by atoms with van der Waals surface area (Å²) < 4.78 is 40.0. The molecule has 0 fully saturated rings. The zero-order valence-corrected chi connectivity index (χ0v) is 16.7. The Hall–Kier alpha value is -2.66. The van der Waals surface area contributed by atoms with Gasteiger partial charge in [-0.1, -0.05) is 42.2 Å². The number of nitrogens with zero attached hydrogens (tertiary/aromatic N) is 3. The second-order valence-electron chi connectivity index (χ2n) is 5.81. The molecule has 0 atom stereocenters. The number of anilines is 1. The Morgan fingerprint density at radius 3 is 2.59 bits per heavy atom. The van der Waals surface area contributed by atoms with Crippen LogP contribution in [0.5, 0.6) is 0 Å². The Kier molecular flexibility index (Phi) is 6.38. The van der Waals surface area contributed by atoms with Crippen molar-refractivity contribution < 1.29 is 18.0 Å². The Bertz CT molecular complexity index is 1060. The molecule has 152 valence electrons. The van der Waals surface area contributed by atoms with Crippen LogP contribution in [0.2, 0.25) is 0 Å². The molecule has 0 unspecified atom stereocenters. The molecule has 3 rings (SSSR count). The predicted octanol–water partition coefficient (Wildman–Crippen LogP) is 4.13. The maximum absolute atomic E-state index is 12.7. The number of aromatic nitrogens is 3. The Morgan fingerprint density at radius 1 is 1.21 bits per heavy atom. The Balaban J connectivity index is 1.76. The van der Waals surface area contributed by atoms with Gasteiger partial charge in [-0.05, 0) is 35.6 Å². The van der Waals surface area contributed by atoms with E-state index in [0.29, 0.717) is 9.90 Å². The number of pyridine rings is 1. The summed E-state index contributed by atoms with van der Waals surface area (Å²) in [5.41, 5.74) is -0.917. The summed E-state index contributed by atoms with van der Waals surface area (Å²) in [4.78, 5) is 25.1. The van der Waals surface area contributed by atoms with Crippen LogP contribution in [0.4, 0.5) is 18.3 Å². The van der Waals surface area contributed by atoms with Gasteiger partial charge in [0.05, 0.1) is 12.1 Å². The van der Waals surface area contributed by atoms with Crippen molar-refractivity contribution >= 4 is 34.1 Å². The van der Waals surface area contributed by atoms with Crippen molar-refractivity contribution in [2.45, 2.75) is 24.0 Å². The number of thioether (sulfide) groups is 1.